The number of phenolic OH excluding ortho intramolecular Hbond substituents is 1. The van der Waals surface area contributed by atoms with Crippen molar-refractivity contribution in [3.63, 3.8) is 0 Å². The van der Waals surface area contributed by atoms with E-state index >= 15 is 0 Å². The maximum atomic E-state index is 13.0. The summed E-state index contributed by atoms with van der Waals surface area (Å²) in [6.07, 6.45) is 5.61. The molecule has 0 saturated heterocycles. The van der Waals surface area contributed by atoms with Gasteiger partial charge in [0, 0.05) is 21.8 Å². The highest BCUT2D eigenvalue weighted by molar-refractivity contribution is 9.10. The smallest absolute Gasteiger partial charge is 0.340 e. The summed E-state index contributed by atoms with van der Waals surface area (Å²) in [4.78, 5) is 27.1. The van der Waals surface area contributed by atoms with Gasteiger partial charge in [0.05, 0.1) is 18.3 Å². The molecule has 25 heavy (non-hydrogen) atoms. The van der Waals surface area contributed by atoms with Crippen LogP contribution in [0, 0.1) is 0 Å². The highest BCUT2D eigenvalue weighted by Gasteiger charge is 2.41. The van der Waals surface area contributed by atoms with Gasteiger partial charge in [0.1, 0.15) is 5.75 Å². The lowest BCUT2D eigenvalue weighted by Gasteiger charge is -2.25. The lowest BCUT2D eigenvalue weighted by atomic mass is 10.0. The highest BCUT2D eigenvalue weighted by Crippen LogP contribution is 2.38. The number of methoxy groups -OCH3 is 1. The van der Waals surface area contributed by atoms with Gasteiger partial charge in [-0.05, 0) is 44.0 Å². The molecule has 1 aliphatic carbocycles. The van der Waals surface area contributed by atoms with Crippen molar-refractivity contribution in [1.82, 2.24) is 4.90 Å². The van der Waals surface area contributed by atoms with Gasteiger partial charge in [-0.2, -0.15) is 0 Å². The van der Waals surface area contributed by atoms with Crippen LogP contribution in [0.4, 0.5) is 0 Å². The minimum absolute atomic E-state index is 0.0460. The molecule has 5 nitrogen and oxygen atoms in total. The monoisotopic (exact) mass is 405 g/mol. The molecule has 0 atom stereocenters. The number of allylic oxidation sites excluding steroid dienone is 1. The SMILES string of the molecule is COC(=O)C1=C(C)N(C2CCCC2)C(=O)C1=Cc1cc(Br)ccc1O. The van der Waals surface area contributed by atoms with Gasteiger partial charge >= 0.3 is 5.97 Å². The molecule has 1 aromatic rings. The second-order valence-corrected chi connectivity index (χ2v) is 7.24. The number of halogens is 1. The van der Waals surface area contributed by atoms with Crippen molar-refractivity contribution >= 4 is 33.9 Å². The number of aromatic hydroxyl groups is 1. The number of ether oxygens (including phenoxy) is 1. The van der Waals surface area contributed by atoms with Crippen LogP contribution in [0.1, 0.15) is 38.2 Å². The third-order valence-corrected chi connectivity index (χ3v) is 5.30. The third-order valence-electron chi connectivity index (χ3n) is 4.81. The molecule has 0 aromatic heterocycles. The lowest BCUT2D eigenvalue weighted by molar-refractivity contribution is -0.136. The number of nitrogens with zero attached hydrogens (tertiary/aromatic N) is 1. The van der Waals surface area contributed by atoms with Gasteiger partial charge in [0.15, 0.2) is 0 Å². The van der Waals surface area contributed by atoms with E-state index in [2.05, 4.69) is 15.9 Å². The Morgan fingerprint density at radius 1 is 1.36 bits per heavy atom. The summed E-state index contributed by atoms with van der Waals surface area (Å²) < 4.78 is 5.67. The summed E-state index contributed by atoms with van der Waals surface area (Å²) in [7, 11) is 1.31. The molecule has 0 radical (unpaired) electrons. The van der Waals surface area contributed by atoms with Crippen molar-refractivity contribution in [2.45, 2.75) is 38.6 Å². The number of carbonyl (C=O) groups is 2. The van der Waals surface area contributed by atoms with Gasteiger partial charge in [-0.1, -0.05) is 28.8 Å². The molecule has 2 aliphatic rings. The fourth-order valence-corrected chi connectivity index (χ4v) is 3.98. The van der Waals surface area contributed by atoms with Crippen LogP contribution >= 0.6 is 15.9 Å². The summed E-state index contributed by atoms with van der Waals surface area (Å²) in [5, 5.41) is 10.1. The molecule has 1 N–H and O–H groups in total. The molecule has 0 bridgehead atoms. The van der Waals surface area contributed by atoms with E-state index in [1.54, 1.807) is 36.1 Å². The summed E-state index contributed by atoms with van der Waals surface area (Å²) >= 11 is 3.36. The predicted octanol–water partition coefficient (Wildman–Crippen LogP) is 3.77. The van der Waals surface area contributed by atoms with E-state index in [0.29, 0.717) is 11.3 Å². The summed E-state index contributed by atoms with van der Waals surface area (Å²) in [6, 6.07) is 5.08. The number of carbonyl (C=O) groups excluding carboxylic acids is 2. The first-order valence-corrected chi connectivity index (χ1v) is 9.06. The van der Waals surface area contributed by atoms with Crippen molar-refractivity contribution in [1.29, 1.82) is 0 Å². The summed E-state index contributed by atoms with van der Waals surface area (Å²) in [5.74, 6) is -0.694. The van der Waals surface area contributed by atoms with Crippen LogP contribution in [0.15, 0.2) is 39.5 Å². The molecular formula is C19H20BrNO4. The number of hydrogen-bond donors (Lipinski definition) is 1. The second-order valence-electron chi connectivity index (χ2n) is 6.33. The van der Waals surface area contributed by atoms with E-state index in [9.17, 15) is 14.7 Å². The van der Waals surface area contributed by atoms with Crippen molar-refractivity contribution in [3.8, 4) is 5.75 Å². The predicted molar refractivity (Wildman–Crippen MR) is 97.6 cm³/mol. The first-order valence-electron chi connectivity index (χ1n) is 8.27. The van der Waals surface area contributed by atoms with Crippen molar-refractivity contribution in [2.75, 3.05) is 7.11 Å². The first-order chi connectivity index (χ1) is 11.9. The van der Waals surface area contributed by atoms with Crippen molar-refractivity contribution in [3.05, 3.63) is 45.1 Å². The normalized spacial score (nSPS) is 20.0. The largest absolute Gasteiger partial charge is 0.507 e. The zero-order valence-electron chi connectivity index (χ0n) is 14.2. The van der Waals surface area contributed by atoms with E-state index in [1.807, 2.05) is 0 Å². The molecule has 6 heteroatoms. The topological polar surface area (TPSA) is 66.8 Å². The number of benzene rings is 1. The number of phenols is 1. The average molecular weight is 406 g/mol. The Balaban J connectivity index is 2.10. The van der Waals surface area contributed by atoms with Crippen LogP contribution in [0.5, 0.6) is 5.75 Å². The standard InChI is InChI=1S/C19H20BrNO4/c1-11-17(19(24)25-2)15(10-12-9-13(20)7-8-16(12)22)18(23)21(11)14-5-3-4-6-14/h7-10,14,22H,3-6H2,1-2H3. The molecule has 1 heterocycles. The number of esters is 1. The molecule has 1 fully saturated rings. The van der Waals surface area contributed by atoms with Gasteiger partial charge in [-0.15, -0.1) is 0 Å². The molecule has 0 spiro atoms. The molecule has 3 rings (SSSR count). The maximum absolute atomic E-state index is 13.0. The second kappa shape index (κ2) is 7.04. The highest BCUT2D eigenvalue weighted by atomic mass is 79.9. The Kier molecular flexibility index (Phi) is 4.99. The molecule has 1 amide bonds. The average Bonchev–Trinajstić information content (AvgIpc) is 3.18. The van der Waals surface area contributed by atoms with Gasteiger partial charge in [0.2, 0.25) is 0 Å². The van der Waals surface area contributed by atoms with Crippen LogP contribution in [-0.4, -0.2) is 35.0 Å². The van der Waals surface area contributed by atoms with E-state index in [1.165, 1.54) is 7.11 Å². The third kappa shape index (κ3) is 3.23. The van der Waals surface area contributed by atoms with Crippen LogP contribution in [0.2, 0.25) is 0 Å². The Morgan fingerprint density at radius 3 is 2.68 bits per heavy atom. The first kappa shape index (κ1) is 17.7. The maximum Gasteiger partial charge on any atom is 0.340 e. The minimum Gasteiger partial charge on any atom is -0.507 e. The van der Waals surface area contributed by atoms with Gasteiger partial charge < -0.3 is 14.7 Å². The molecule has 1 saturated carbocycles. The number of amides is 1. The van der Waals surface area contributed by atoms with Crippen LogP contribution in [-0.2, 0) is 14.3 Å². The molecule has 1 aromatic carbocycles. The van der Waals surface area contributed by atoms with Crippen LogP contribution in [0.25, 0.3) is 6.08 Å². The van der Waals surface area contributed by atoms with Crippen molar-refractivity contribution in [2.24, 2.45) is 0 Å². The summed E-state index contributed by atoms with van der Waals surface area (Å²) in [5.41, 5.74) is 1.65. The molecule has 1 aliphatic heterocycles. The molecule has 0 unspecified atom stereocenters. The Bertz CT molecular complexity index is 791. The zero-order chi connectivity index (χ0) is 18.1. The quantitative estimate of drug-likeness (QED) is 0.613. The minimum atomic E-state index is -0.535. The van der Waals surface area contributed by atoms with Crippen LogP contribution in [0.3, 0.4) is 0 Å². The van der Waals surface area contributed by atoms with Gasteiger partial charge in [0.25, 0.3) is 5.91 Å². The van der Waals surface area contributed by atoms with Gasteiger partial charge in [-0.25, -0.2) is 4.79 Å². The number of rotatable bonds is 3. The van der Waals surface area contributed by atoms with E-state index in [-0.39, 0.29) is 28.8 Å². The molecular weight excluding hydrogens is 386 g/mol. The van der Waals surface area contributed by atoms with E-state index < -0.39 is 5.97 Å². The Hall–Kier alpha value is -2.08. The van der Waals surface area contributed by atoms with Crippen LogP contribution < -0.4 is 0 Å². The molecule has 132 valence electrons. The number of hydrogen-bond acceptors (Lipinski definition) is 4. The van der Waals surface area contributed by atoms with Crippen molar-refractivity contribution < 1.29 is 19.4 Å². The van der Waals surface area contributed by atoms with Gasteiger partial charge in [-0.3, -0.25) is 4.79 Å². The van der Waals surface area contributed by atoms with E-state index in [4.69, 9.17) is 4.74 Å². The lowest BCUT2D eigenvalue weighted by Crippen LogP contribution is -2.34. The Labute approximate surface area is 155 Å². The Morgan fingerprint density at radius 2 is 2.04 bits per heavy atom. The fraction of sp³-hybridized carbons (Fsp3) is 0.368. The zero-order valence-corrected chi connectivity index (χ0v) is 15.8. The van der Waals surface area contributed by atoms with E-state index in [0.717, 1.165) is 30.2 Å². The fourth-order valence-electron chi connectivity index (χ4n) is 3.60. The summed E-state index contributed by atoms with van der Waals surface area (Å²) in [6.45, 7) is 1.78.